The molecule has 0 saturated carbocycles. The first-order chi connectivity index (χ1) is 8.61. The number of hydrogen-bond donors (Lipinski definition) is 1. The van der Waals surface area contributed by atoms with Gasteiger partial charge in [-0.25, -0.2) is 4.79 Å². The van der Waals surface area contributed by atoms with E-state index in [9.17, 15) is 4.79 Å². The minimum atomic E-state index is -0.352. The zero-order chi connectivity index (χ0) is 13.1. The van der Waals surface area contributed by atoms with Crippen LogP contribution in [0.1, 0.15) is 12.0 Å². The van der Waals surface area contributed by atoms with E-state index in [4.69, 9.17) is 21.4 Å². The van der Waals surface area contributed by atoms with Crippen molar-refractivity contribution in [1.82, 2.24) is 0 Å². The highest BCUT2D eigenvalue weighted by Gasteiger charge is 2.28. The van der Waals surface area contributed by atoms with Crippen LogP contribution in [0, 0.1) is 12.8 Å². The molecule has 5 heteroatoms. The summed E-state index contributed by atoms with van der Waals surface area (Å²) in [5, 5.41) is 9.55. The Morgan fingerprint density at radius 3 is 3.06 bits per heavy atom. The highest BCUT2D eigenvalue weighted by molar-refractivity contribution is 6.31. The Bertz CT molecular complexity index is 450. The number of aliphatic hydroxyl groups is 1. The Hall–Kier alpha value is -1.26. The van der Waals surface area contributed by atoms with Crippen LogP contribution in [0.2, 0.25) is 5.02 Å². The van der Waals surface area contributed by atoms with Crippen LogP contribution in [-0.4, -0.2) is 31.0 Å². The van der Waals surface area contributed by atoms with Gasteiger partial charge in [-0.1, -0.05) is 17.7 Å². The van der Waals surface area contributed by atoms with Crippen LogP contribution in [0.5, 0.6) is 0 Å². The maximum atomic E-state index is 11.8. The van der Waals surface area contributed by atoms with Crippen molar-refractivity contribution >= 4 is 23.4 Å². The van der Waals surface area contributed by atoms with Crippen molar-refractivity contribution in [1.29, 1.82) is 0 Å². The molecule has 0 aromatic heterocycles. The summed E-state index contributed by atoms with van der Waals surface area (Å²) >= 11 is 5.96. The van der Waals surface area contributed by atoms with Crippen molar-refractivity contribution < 1.29 is 14.6 Å². The molecule has 1 amide bonds. The van der Waals surface area contributed by atoms with E-state index in [0.717, 1.165) is 11.3 Å². The number of aryl methyl sites for hydroxylation is 1. The highest BCUT2D eigenvalue weighted by atomic mass is 35.5. The molecular formula is C13H16ClNO3. The molecule has 1 aliphatic rings. The lowest BCUT2D eigenvalue weighted by atomic mass is 10.0. The SMILES string of the molecule is Cc1ccc(Cl)cc1N1CC(CCO)COC1=O. The summed E-state index contributed by atoms with van der Waals surface area (Å²) in [6, 6.07) is 5.43. The third kappa shape index (κ3) is 2.76. The molecular weight excluding hydrogens is 254 g/mol. The number of carbonyl (C=O) groups is 1. The van der Waals surface area contributed by atoms with E-state index in [1.165, 1.54) is 0 Å². The van der Waals surface area contributed by atoms with Gasteiger partial charge >= 0.3 is 6.09 Å². The van der Waals surface area contributed by atoms with Crippen LogP contribution in [-0.2, 0) is 4.74 Å². The molecule has 1 aliphatic heterocycles. The number of nitrogens with zero attached hydrogens (tertiary/aromatic N) is 1. The number of aliphatic hydroxyl groups excluding tert-OH is 1. The van der Waals surface area contributed by atoms with Crippen LogP contribution in [0.4, 0.5) is 10.5 Å². The second kappa shape index (κ2) is 5.59. The molecule has 1 saturated heterocycles. The summed E-state index contributed by atoms with van der Waals surface area (Å²) in [5.74, 6) is 0.158. The van der Waals surface area contributed by atoms with Crippen molar-refractivity contribution in [3.8, 4) is 0 Å². The molecule has 1 unspecified atom stereocenters. The molecule has 2 rings (SSSR count). The fourth-order valence-electron chi connectivity index (χ4n) is 2.08. The number of rotatable bonds is 3. The maximum absolute atomic E-state index is 11.8. The summed E-state index contributed by atoms with van der Waals surface area (Å²) in [5.41, 5.74) is 1.75. The minimum Gasteiger partial charge on any atom is -0.449 e. The number of halogens is 1. The Balaban J connectivity index is 2.24. The van der Waals surface area contributed by atoms with E-state index in [-0.39, 0.29) is 18.6 Å². The quantitative estimate of drug-likeness (QED) is 0.918. The van der Waals surface area contributed by atoms with Gasteiger partial charge in [0.05, 0.1) is 12.3 Å². The van der Waals surface area contributed by atoms with Gasteiger partial charge in [-0.05, 0) is 31.0 Å². The highest BCUT2D eigenvalue weighted by Crippen LogP contribution is 2.28. The van der Waals surface area contributed by atoms with Gasteiger partial charge < -0.3 is 9.84 Å². The molecule has 0 radical (unpaired) electrons. The molecule has 1 aromatic rings. The van der Waals surface area contributed by atoms with Crippen LogP contribution >= 0.6 is 11.6 Å². The predicted molar refractivity (Wildman–Crippen MR) is 70.1 cm³/mol. The Morgan fingerprint density at radius 1 is 1.56 bits per heavy atom. The van der Waals surface area contributed by atoms with E-state index in [1.54, 1.807) is 17.0 Å². The molecule has 98 valence electrons. The van der Waals surface area contributed by atoms with Crippen molar-refractivity contribution in [3.05, 3.63) is 28.8 Å². The third-order valence-corrected chi connectivity index (χ3v) is 3.34. The smallest absolute Gasteiger partial charge is 0.414 e. The topological polar surface area (TPSA) is 49.8 Å². The van der Waals surface area contributed by atoms with Gasteiger partial charge in [0.25, 0.3) is 0 Å². The van der Waals surface area contributed by atoms with Crippen LogP contribution in [0.3, 0.4) is 0 Å². The molecule has 0 aliphatic carbocycles. The number of anilines is 1. The normalized spacial score (nSPS) is 19.8. The van der Waals surface area contributed by atoms with Crippen molar-refractivity contribution in [2.24, 2.45) is 5.92 Å². The minimum absolute atomic E-state index is 0.102. The standard InChI is InChI=1S/C13H16ClNO3/c1-9-2-3-11(14)6-12(9)15-7-10(4-5-16)8-18-13(15)17/h2-3,6,10,16H,4-5,7-8H2,1H3. The first-order valence-electron chi connectivity index (χ1n) is 5.93. The first kappa shape index (κ1) is 13.2. The van der Waals surface area contributed by atoms with Crippen molar-refractivity contribution in [2.45, 2.75) is 13.3 Å². The molecule has 1 aromatic carbocycles. The van der Waals surface area contributed by atoms with Gasteiger partial charge in [0, 0.05) is 24.1 Å². The zero-order valence-corrected chi connectivity index (χ0v) is 11.0. The summed E-state index contributed by atoms with van der Waals surface area (Å²) in [7, 11) is 0. The Morgan fingerprint density at radius 2 is 2.33 bits per heavy atom. The monoisotopic (exact) mass is 269 g/mol. The third-order valence-electron chi connectivity index (χ3n) is 3.10. The number of benzene rings is 1. The average Bonchev–Trinajstić information content (AvgIpc) is 2.35. The van der Waals surface area contributed by atoms with Gasteiger partial charge in [0.2, 0.25) is 0 Å². The fourth-order valence-corrected chi connectivity index (χ4v) is 2.25. The second-order valence-corrected chi connectivity index (χ2v) is 4.93. The number of hydrogen-bond acceptors (Lipinski definition) is 3. The van der Waals surface area contributed by atoms with E-state index in [1.807, 2.05) is 13.0 Å². The molecule has 1 heterocycles. The molecule has 4 nitrogen and oxygen atoms in total. The Labute approximate surface area is 111 Å². The lowest BCUT2D eigenvalue weighted by molar-refractivity contribution is 0.104. The fraction of sp³-hybridized carbons (Fsp3) is 0.462. The van der Waals surface area contributed by atoms with E-state index in [0.29, 0.717) is 24.6 Å². The van der Waals surface area contributed by atoms with E-state index >= 15 is 0 Å². The molecule has 18 heavy (non-hydrogen) atoms. The second-order valence-electron chi connectivity index (χ2n) is 4.50. The molecule has 1 atom stereocenters. The first-order valence-corrected chi connectivity index (χ1v) is 6.31. The summed E-state index contributed by atoms with van der Waals surface area (Å²) in [6.45, 7) is 2.95. The van der Waals surface area contributed by atoms with Gasteiger partial charge in [-0.15, -0.1) is 0 Å². The molecule has 1 N–H and O–H groups in total. The van der Waals surface area contributed by atoms with Gasteiger partial charge in [0.1, 0.15) is 0 Å². The van der Waals surface area contributed by atoms with Crippen LogP contribution in [0.25, 0.3) is 0 Å². The summed E-state index contributed by atoms with van der Waals surface area (Å²) in [4.78, 5) is 13.4. The number of amides is 1. The largest absolute Gasteiger partial charge is 0.449 e. The van der Waals surface area contributed by atoms with Crippen molar-refractivity contribution in [3.63, 3.8) is 0 Å². The predicted octanol–water partition coefficient (Wildman–Crippen LogP) is 2.60. The number of ether oxygens (including phenoxy) is 1. The molecule has 1 fully saturated rings. The number of carbonyl (C=O) groups excluding carboxylic acids is 1. The van der Waals surface area contributed by atoms with Gasteiger partial charge in [0.15, 0.2) is 0 Å². The summed E-state index contributed by atoms with van der Waals surface area (Å²) < 4.78 is 5.14. The van der Waals surface area contributed by atoms with Crippen LogP contribution in [0.15, 0.2) is 18.2 Å². The lowest BCUT2D eigenvalue weighted by Crippen LogP contribution is -2.43. The van der Waals surface area contributed by atoms with Crippen LogP contribution < -0.4 is 4.90 Å². The van der Waals surface area contributed by atoms with E-state index < -0.39 is 0 Å². The van der Waals surface area contributed by atoms with E-state index in [2.05, 4.69) is 0 Å². The van der Waals surface area contributed by atoms with Gasteiger partial charge in [-0.2, -0.15) is 0 Å². The zero-order valence-electron chi connectivity index (χ0n) is 10.2. The maximum Gasteiger partial charge on any atom is 0.414 e. The molecule has 0 spiro atoms. The number of cyclic esters (lactones) is 1. The van der Waals surface area contributed by atoms with Crippen molar-refractivity contribution in [2.75, 3.05) is 24.7 Å². The van der Waals surface area contributed by atoms with Gasteiger partial charge in [-0.3, -0.25) is 4.90 Å². The Kier molecular flexibility index (Phi) is 4.09. The molecule has 0 bridgehead atoms. The summed E-state index contributed by atoms with van der Waals surface area (Å²) in [6.07, 6.45) is 0.276. The lowest BCUT2D eigenvalue weighted by Gasteiger charge is -2.32. The average molecular weight is 270 g/mol.